The highest BCUT2D eigenvalue weighted by Gasteiger charge is 2.34. The second-order valence-electron chi connectivity index (χ2n) is 9.85. The fourth-order valence-corrected chi connectivity index (χ4v) is 5.48. The van der Waals surface area contributed by atoms with Gasteiger partial charge < -0.3 is 14.4 Å². The molecule has 7 heteroatoms. The van der Waals surface area contributed by atoms with Crippen LogP contribution in [0.1, 0.15) is 31.0 Å². The second-order valence-corrected chi connectivity index (χ2v) is 9.85. The molecule has 4 rings (SSSR count). The maximum Gasteiger partial charge on any atom is 0.239 e. The van der Waals surface area contributed by atoms with Crippen molar-refractivity contribution in [3.05, 3.63) is 59.9 Å². The van der Waals surface area contributed by atoms with E-state index in [2.05, 4.69) is 51.0 Å². The van der Waals surface area contributed by atoms with Gasteiger partial charge in [0.05, 0.1) is 32.1 Å². The van der Waals surface area contributed by atoms with E-state index in [-0.39, 0.29) is 11.9 Å². The molecule has 0 aliphatic carbocycles. The van der Waals surface area contributed by atoms with Crippen molar-refractivity contribution in [2.24, 2.45) is 5.92 Å². The van der Waals surface area contributed by atoms with Gasteiger partial charge in [-0.05, 0) is 69.0 Å². The minimum atomic E-state index is -0.0742. The summed E-state index contributed by atoms with van der Waals surface area (Å²) in [7, 11) is 3.92. The molecule has 2 atom stereocenters. The average Bonchev–Trinajstić information content (AvgIpc) is 2.92. The summed E-state index contributed by atoms with van der Waals surface area (Å²) in [5, 5.41) is 0. The van der Waals surface area contributed by atoms with Crippen molar-refractivity contribution >= 4 is 5.91 Å². The van der Waals surface area contributed by atoms with Crippen LogP contribution in [0.5, 0.6) is 5.75 Å². The van der Waals surface area contributed by atoms with Crippen LogP contribution >= 0.6 is 0 Å². The average molecular weight is 481 g/mol. The molecule has 2 unspecified atom stereocenters. The first kappa shape index (κ1) is 25.6. The van der Waals surface area contributed by atoms with Gasteiger partial charge in [-0.15, -0.1) is 0 Å². The van der Waals surface area contributed by atoms with Crippen molar-refractivity contribution in [3.8, 4) is 5.75 Å². The fraction of sp³-hybridized carbons (Fsp3) is 0.571. The number of carbonyl (C=O) groups excluding carboxylic acids is 1. The number of methoxy groups -OCH3 is 1. The Hall–Kier alpha value is -2.48. The Morgan fingerprint density at radius 2 is 1.91 bits per heavy atom. The highest BCUT2D eigenvalue weighted by Crippen LogP contribution is 2.28. The van der Waals surface area contributed by atoms with Crippen LogP contribution in [-0.2, 0) is 22.5 Å². The summed E-state index contributed by atoms with van der Waals surface area (Å²) in [6, 6.07) is 14.8. The molecule has 0 bridgehead atoms. The van der Waals surface area contributed by atoms with E-state index >= 15 is 0 Å². The summed E-state index contributed by atoms with van der Waals surface area (Å²) in [5.74, 6) is 1.67. The third kappa shape index (κ3) is 6.81. The van der Waals surface area contributed by atoms with E-state index < -0.39 is 0 Å². The molecule has 190 valence electrons. The van der Waals surface area contributed by atoms with Crippen LogP contribution in [0.3, 0.4) is 0 Å². The molecule has 0 radical (unpaired) electrons. The van der Waals surface area contributed by atoms with Crippen molar-refractivity contribution in [3.63, 3.8) is 0 Å². The quantitative estimate of drug-likeness (QED) is 0.550. The summed E-state index contributed by atoms with van der Waals surface area (Å²) >= 11 is 0. The monoisotopic (exact) mass is 480 g/mol. The summed E-state index contributed by atoms with van der Waals surface area (Å²) in [6.07, 6.45) is 4.84. The number of likely N-dealkylation sites (tertiary alicyclic amines) is 1. The van der Waals surface area contributed by atoms with Crippen molar-refractivity contribution in [2.45, 2.75) is 44.8 Å². The Kier molecular flexibility index (Phi) is 9.12. The standard InChI is InChI=1S/C28H40N4O3/c1-22(31-15-17-35-18-16-31)28(33)32-13-10-24(11-14-32)27(20-23-7-6-9-26(19-23)34-3)30(2)21-25-8-4-5-12-29-25/h4-9,12,19,22,24,27H,10-11,13-18,20-21H2,1-3H3. The van der Waals surface area contributed by atoms with Crippen LogP contribution in [0.25, 0.3) is 0 Å². The van der Waals surface area contributed by atoms with Gasteiger partial charge in [-0.1, -0.05) is 18.2 Å². The minimum Gasteiger partial charge on any atom is -0.497 e. The number of likely N-dealkylation sites (N-methyl/N-ethyl adjacent to an activating group) is 1. The highest BCUT2D eigenvalue weighted by atomic mass is 16.5. The highest BCUT2D eigenvalue weighted by molar-refractivity contribution is 5.81. The first-order valence-electron chi connectivity index (χ1n) is 12.9. The zero-order valence-corrected chi connectivity index (χ0v) is 21.4. The Balaban J connectivity index is 1.42. The van der Waals surface area contributed by atoms with Gasteiger partial charge in [0.15, 0.2) is 0 Å². The van der Waals surface area contributed by atoms with Gasteiger partial charge >= 0.3 is 0 Å². The van der Waals surface area contributed by atoms with Crippen molar-refractivity contribution in [1.29, 1.82) is 0 Å². The van der Waals surface area contributed by atoms with Crippen molar-refractivity contribution in [1.82, 2.24) is 19.7 Å². The minimum absolute atomic E-state index is 0.0742. The molecule has 7 nitrogen and oxygen atoms in total. The van der Waals surface area contributed by atoms with Gasteiger partial charge in [0.1, 0.15) is 5.75 Å². The smallest absolute Gasteiger partial charge is 0.239 e. The fourth-order valence-electron chi connectivity index (χ4n) is 5.48. The molecule has 35 heavy (non-hydrogen) atoms. The van der Waals surface area contributed by atoms with Crippen LogP contribution in [0.4, 0.5) is 0 Å². The topological polar surface area (TPSA) is 58.1 Å². The van der Waals surface area contributed by atoms with Crippen molar-refractivity contribution < 1.29 is 14.3 Å². The number of hydrogen-bond donors (Lipinski definition) is 0. The summed E-state index contributed by atoms with van der Waals surface area (Å²) in [6.45, 7) is 7.61. The Labute approximate surface area is 210 Å². The number of piperidine rings is 1. The number of pyridine rings is 1. The molecule has 2 aromatic rings. The molecule has 2 aliphatic heterocycles. The summed E-state index contributed by atoms with van der Waals surface area (Å²) < 4.78 is 10.9. The number of benzene rings is 1. The molecule has 3 heterocycles. The number of nitrogens with zero attached hydrogens (tertiary/aromatic N) is 4. The molecule has 2 fully saturated rings. The van der Waals surface area contributed by atoms with Gasteiger partial charge in [0.2, 0.25) is 5.91 Å². The molecule has 1 aromatic carbocycles. The predicted molar refractivity (Wildman–Crippen MR) is 137 cm³/mol. The molecule has 2 saturated heterocycles. The largest absolute Gasteiger partial charge is 0.497 e. The normalized spacial score (nSPS) is 19.5. The Bertz CT molecular complexity index is 927. The maximum atomic E-state index is 13.2. The molecule has 0 spiro atoms. The van der Waals surface area contributed by atoms with Gasteiger partial charge in [-0.3, -0.25) is 19.6 Å². The zero-order chi connectivity index (χ0) is 24.6. The van der Waals surface area contributed by atoms with Gasteiger partial charge in [-0.2, -0.15) is 0 Å². The van der Waals surface area contributed by atoms with E-state index in [0.717, 1.165) is 63.4 Å². The lowest BCUT2D eigenvalue weighted by Gasteiger charge is -2.42. The molecule has 1 aromatic heterocycles. The Morgan fingerprint density at radius 1 is 1.14 bits per heavy atom. The maximum absolute atomic E-state index is 13.2. The molecule has 0 N–H and O–H groups in total. The molecule has 1 amide bonds. The van der Waals surface area contributed by atoms with Crippen LogP contribution in [0.2, 0.25) is 0 Å². The van der Waals surface area contributed by atoms with E-state index in [1.807, 2.05) is 31.3 Å². The van der Waals surface area contributed by atoms with Crippen molar-refractivity contribution in [2.75, 3.05) is 53.6 Å². The summed E-state index contributed by atoms with van der Waals surface area (Å²) in [4.78, 5) is 24.6. The van der Waals surface area contributed by atoms with E-state index in [1.165, 1.54) is 5.56 Å². The second kappa shape index (κ2) is 12.5. The third-order valence-corrected chi connectivity index (χ3v) is 7.63. The van der Waals surface area contributed by atoms with E-state index in [0.29, 0.717) is 25.2 Å². The predicted octanol–water partition coefficient (Wildman–Crippen LogP) is 3.09. The van der Waals surface area contributed by atoms with Crippen LogP contribution in [-0.4, -0.2) is 91.2 Å². The number of carbonyl (C=O) groups is 1. The molecule has 2 aliphatic rings. The first-order chi connectivity index (χ1) is 17.0. The number of rotatable bonds is 9. The molecular weight excluding hydrogens is 440 g/mol. The Morgan fingerprint density at radius 3 is 2.60 bits per heavy atom. The SMILES string of the molecule is COc1cccc(CC(C2CCN(C(=O)C(C)N3CCOCC3)CC2)N(C)Cc2ccccn2)c1. The number of hydrogen-bond acceptors (Lipinski definition) is 6. The van der Waals surface area contributed by atoms with Gasteiger partial charge in [0, 0.05) is 45.0 Å². The third-order valence-electron chi connectivity index (χ3n) is 7.63. The summed E-state index contributed by atoms with van der Waals surface area (Å²) in [5.41, 5.74) is 2.36. The number of morpholine rings is 1. The molecule has 0 saturated carbocycles. The van der Waals surface area contributed by atoms with Gasteiger partial charge in [-0.25, -0.2) is 0 Å². The lowest BCUT2D eigenvalue weighted by atomic mass is 9.84. The van der Waals surface area contributed by atoms with E-state index in [9.17, 15) is 4.79 Å². The zero-order valence-electron chi connectivity index (χ0n) is 21.4. The van der Waals surface area contributed by atoms with Crippen LogP contribution < -0.4 is 4.74 Å². The van der Waals surface area contributed by atoms with Crippen LogP contribution in [0.15, 0.2) is 48.7 Å². The lowest BCUT2D eigenvalue weighted by molar-refractivity contribution is -0.139. The van der Waals surface area contributed by atoms with Gasteiger partial charge in [0.25, 0.3) is 0 Å². The van der Waals surface area contributed by atoms with E-state index in [1.54, 1.807) is 7.11 Å². The molecular formula is C28H40N4O3. The first-order valence-corrected chi connectivity index (χ1v) is 12.9. The number of ether oxygens (including phenoxy) is 2. The van der Waals surface area contributed by atoms with Crippen LogP contribution in [0, 0.1) is 5.92 Å². The lowest BCUT2D eigenvalue weighted by Crippen LogP contribution is -2.53. The number of aromatic nitrogens is 1. The number of amides is 1. The van der Waals surface area contributed by atoms with E-state index in [4.69, 9.17) is 9.47 Å².